The minimum Gasteiger partial charge on any atom is -0.497 e. The van der Waals surface area contributed by atoms with E-state index in [1.807, 2.05) is 6.92 Å². The second-order valence-corrected chi connectivity index (χ2v) is 3.98. The van der Waals surface area contributed by atoms with Crippen LogP contribution in [0.25, 0.3) is 0 Å². The van der Waals surface area contributed by atoms with E-state index in [2.05, 4.69) is 0 Å². The molecule has 0 amide bonds. The average Bonchev–Trinajstić information content (AvgIpc) is 2.24. The van der Waals surface area contributed by atoms with Gasteiger partial charge in [-0.1, -0.05) is 6.07 Å². The Balaban J connectivity index is 0.00000289. The number of halogens is 4. The van der Waals surface area contributed by atoms with Crippen molar-refractivity contribution in [3.05, 3.63) is 29.3 Å². The first kappa shape index (κ1) is 17.1. The predicted molar refractivity (Wildman–Crippen MR) is 67.2 cm³/mol. The number of ether oxygens (including phenoxy) is 1. The lowest BCUT2D eigenvalue weighted by molar-refractivity contribution is -0.136. The summed E-state index contributed by atoms with van der Waals surface area (Å²) in [6, 6.07) is 4.59. The summed E-state index contributed by atoms with van der Waals surface area (Å²) in [5.41, 5.74) is 7.33. The normalized spacial score (nSPS) is 12.8. The number of benzene rings is 1. The smallest absolute Gasteiger partial charge is 0.389 e. The summed E-state index contributed by atoms with van der Waals surface area (Å²) in [6.07, 6.45) is -5.12. The Hall–Kier alpha value is -0.940. The van der Waals surface area contributed by atoms with Gasteiger partial charge in [0.25, 0.3) is 0 Å². The molecule has 0 aromatic heterocycles. The molecule has 0 saturated heterocycles. The van der Waals surface area contributed by atoms with E-state index in [9.17, 15) is 13.2 Å². The average molecular weight is 284 g/mol. The SMILES string of the molecule is COc1ccc([C@@H](N)CCC(F)(F)F)c(C)c1.Cl. The monoisotopic (exact) mass is 283 g/mol. The van der Waals surface area contributed by atoms with Crippen LogP contribution in [-0.4, -0.2) is 13.3 Å². The molecular weight excluding hydrogens is 267 g/mol. The molecule has 1 rings (SSSR count). The van der Waals surface area contributed by atoms with Gasteiger partial charge < -0.3 is 10.5 Å². The van der Waals surface area contributed by atoms with Gasteiger partial charge in [-0.2, -0.15) is 13.2 Å². The van der Waals surface area contributed by atoms with E-state index < -0.39 is 18.6 Å². The van der Waals surface area contributed by atoms with Crippen LogP contribution < -0.4 is 10.5 Å². The van der Waals surface area contributed by atoms with Crippen molar-refractivity contribution in [3.63, 3.8) is 0 Å². The predicted octanol–water partition coefficient (Wildman–Crippen LogP) is 3.77. The van der Waals surface area contributed by atoms with Gasteiger partial charge in [0, 0.05) is 12.5 Å². The molecular formula is C12H17ClF3NO. The van der Waals surface area contributed by atoms with Crippen molar-refractivity contribution >= 4 is 12.4 Å². The largest absolute Gasteiger partial charge is 0.497 e. The zero-order valence-electron chi connectivity index (χ0n) is 10.3. The van der Waals surface area contributed by atoms with E-state index in [0.717, 1.165) is 11.1 Å². The molecule has 1 aromatic rings. The van der Waals surface area contributed by atoms with Crippen LogP contribution in [0.5, 0.6) is 5.75 Å². The van der Waals surface area contributed by atoms with Crippen molar-refractivity contribution in [1.29, 1.82) is 0 Å². The Morgan fingerprint density at radius 2 is 1.94 bits per heavy atom. The molecule has 0 fully saturated rings. The molecule has 1 atom stereocenters. The number of methoxy groups -OCH3 is 1. The quantitative estimate of drug-likeness (QED) is 0.913. The Bertz CT molecular complexity index is 382. The zero-order valence-corrected chi connectivity index (χ0v) is 11.1. The lowest BCUT2D eigenvalue weighted by atomic mass is 9.98. The minimum atomic E-state index is -4.15. The van der Waals surface area contributed by atoms with Crippen LogP contribution in [0.4, 0.5) is 13.2 Å². The van der Waals surface area contributed by atoms with E-state index >= 15 is 0 Å². The Kier molecular flexibility index (Phi) is 6.49. The highest BCUT2D eigenvalue weighted by molar-refractivity contribution is 5.85. The fourth-order valence-corrected chi connectivity index (χ4v) is 1.67. The highest BCUT2D eigenvalue weighted by Crippen LogP contribution is 2.28. The number of hydrogen-bond acceptors (Lipinski definition) is 2. The van der Waals surface area contributed by atoms with Gasteiger partial charge in [0.1, 0.15) is 5.75 Å². The van der Waals surface area contributed by atoms with Crippen molar-refractivity contribution in [2.75, 3.05) is 7.11 Å². The van der Waals surface area contributed by atoms with E-state index in [4.69, 9.17) is 10.5 Å². The first-order valence-electron chi connectivity index (χ1n) is 5.30. The van der Waals surface area contributed by atoms with Crippen LogP contribution in [-0.2, 0) is 0 Å². The highest BCUT2D eigenvalue weighted by atomic mass is 35.5. The molecule has 0 saturated carbocycles. The van der Waals surface area contributed by atoms with Crippen molar-refractivity contribution in [1.82, 2.24) is 0 Å². The fraction of sp³-hybridized carbons (Fsp3) is 0.500. The van der Waals surface area contributed by atoms with Crippen LogP contribution in [0.3, 0.4) is 0 Å². The Morgan fingerprint density at radius 3 is 2.39 bits per heavy atom. The zero-order chi connectivity index (χ0) is 13.1. The molecule has 2 nitrogen and oxygen atoms in total. The maximum Gasteiger partial charge on any atom is 0.389 e. The Morgan fingerprint density at radius 1 is 1.33 bits per heavy atom. The van der Waals surface area contributed by atoms with E-state index in [1.54, 1.807) is 18.2 Å². The molecule has 0 heterocycles. The molecule has 0 radical (unpaired) electrons. The molecule has 2 N–H and O–H groups in total. The van der Waals surface area contributed by atoms with Gasteiger partial charge in [-0.15, -0.1) is 12.4 Å². The van der Waals surface area contributed by atoms with Crippen LogP contribution >= 0.6 is 12.4 Å². The summed E-state index contributed by atoms with van der Waals surface area (Å²) in [7, 11) is 1.54. The second-order valence-electron chi connectivity index (χ2n) is 3.98. The van der Waals surface area contributed by atoms with Crippen LogP contribution in [0.1, 0.15) is 30.0 Å². The fourth-order valence-electron chi connectivity index (χ4n) is 1.67. The maximum atomic E-state index is 12.1. The van der Waals surface area contributed by atoms with Crippen molar-refractivity contribution < 1.29 is 17.9 Å². The van der Waals surface area contributed by atoms with Crippen LogP contribution in [0, 0.1) is 6.92 Å². The Labute approximate surface area is 111 Å². The maximum absolute atomic E-state index is 12.1. The molecule has 0 spiro atoms. The number of rotatable bonds is 4. The second kappa shape index (κ2) is 6.85. The molecule has 0 bridgehead atoms. The summed E-state index contributed by atoms with van der Waals surface area (Å²) in [4.78, 5) is 0. The van der Waals surface area contributed by atoms with Crippen molar-refractivity contribution in [2.45, 2.75) is 32.0 Å². The lowest BCUT2D eigenvalue weighted by Crippen LogP contribution is -2.16. The molecule has 0 aliphatic rings. The van der Waals surface area contributed by atoms with Crippen molar-refractivity contribution in [3.8, 4) is 5.75 Å². The van der Waals surface area contributed by atoms with Gasteiger partial charge in [-0.05, 0) is 36.6 Å². The van der Waals surface area contributed by atoms with Crippen LogP contribution in [0.2, 0.25) is 0 Å². The van der Waals surface area contributed by atoms with Crippen LogP contribution in [0.15, 0.2) is 18.2 Å². The third-order valence-electron chi connectivity index (χ3n) is 2.62. The van der Waals surface area contributed by atoms with Gasteiger partial charge in [0.05, 0.1) is 7.11 Å². The third kappa shape index (κ3) is 5.14. The molecule has 1 aromatic carbocycles. The van der Waals surface area contributed by atoms with Crippen molar-refractivity contribution in [2.24, 2.45) is 5.73 Å². The van der Waals surface area contributed by atoms with Gasteiger partial charge in [-0.25, -0.2) is 0 Å². The van der Waals surface area contributed by atoms with Gasteiger partial charge in [0.15, 0.2) is 0 Å². The molecule has 0 aliphatic carbocycles. The summed E-state index contributed by atoms with van der Waals surface area (Å²) >= 11 is 0. The van der Waals surface area contributed by atoms with Gasteiger partial charge >= 0.3 is 6.18 Å². The van der Waals surface area contributed by atoms with E-state index in [-0.39, 0.29) is 18.8 Å². The summed E-state index contributed by atoms with van der Waals surface area (Å²) in [6.45, 7) is 1.81. The first-order chi connectivity index (χ1) is 7.83. The summed E-state index contributed by atoms with van der Waals surface area (Å²) < 4.78 is 41.2. The van der Waals surface area contributed by atoms with Gasteiger partial charge in [-0.3, -0.25) is 0 Å². The number of aryl methyl sites for hydroxylation is 1. The molecule has 6 heteroatoms. The first-order valence-corrected chi connectivity index (χ1v) is 5.30. The summed E-state index contributed by atoms with van der Waals surface area (Å²) in [5, 5.41) is 0. The highest BCUT2D eigenvalue weighted by Gasteiger charge is 2.28. The number of nitrogens with two attached hydrogens (primary N) is 1. The van der Waals surface area contributed by atoms with E-state index in [1.165, 1.54) is 7.11 Å². The summed E-state index contributed by atoms with van der Waals surface area (Å²) in [5.74, 6) is 0.675. The number of hydrogen-bond donors (Lipinski definition) is 1. The number of alkyl halides is 3. The molecule has 0 aliphatic heterocycles. The molecule has 18 heavy (non-hydrogen) atoms. The minimum absolute atomic E-state index is 0. The molecule has 104 valence electrons. The third-order valence-corrected chi connectivity index (χ3v) is 2.62. The standard InChI is InChI=1S/C12H16F3NO.ClH/c1-8-7-9(17-2)3-4-10(8)11(16)5-6-12(13,14)15;/h3-4,7,11H,5-6,16H2,1-2H3;1H/t11-;/m0./s1. The molecule has 0 unspecified atom stereocenters. The van der Waals surface area contributed by atoms with Gasteiger partial charge in [0.2, 0.25) is 0 Å². The topological polar surface area (TPSA) is 35.2 Å². The van der Waals surface area contributed by atoms with E-state index in [0.29, 0.717) is 5.75 Å². The lowest BCUT2D eigenvalue weighted by Gasteiger charge is -2.16.